The number of nitrogens with two attached hydrogens (primary N) is 2. The van der Waals surface area contributed by atoms with Crippen LogP contribution in [0.25, 0.3) is 0 Å². The van der Waals surface area contributed by atoms with Crippen molar-refractivity contribution < 1.29 is 43.7 Å². The number of hydrogen-bond donors (Lipinski definition) is 8. The fraction of sp³-hybridized carbons (Fsp3) is 0.500. The van der Waals surface area contributed by atoms with Crippen molar-refractivity contribution >= 4 is 64.1 Å². The van der Waals surface area contributed by atoms with Crippen LogP contribution in [0.1, 0.15) is 24.8 Å². The quantitative estimate of drug-likeness (QED) is 0.0574. The minimum atomic E-state index is -1.59. The number of carboxylic acid groups (broad SMARTS) is 1. The van der Waals surface area contributed by atoms with E-state index >= 15 is 0 Å². The van der Waals surface area contributed by atoms with Gasteiger partial charge in [0, 0.05) is 19.5 Å². The van der Waals surface area contributed by atoms with Gasteiger partial charge in [0.2, 0.25) is 29.5 Å². The number of ether oxygens (including phenoxy) is 1. The molecule has 2 aliphatic rings. The lowest BCUT2D eigenvalue weighted by atomic mass is 10.0. The Morgan fingerprint density at radius 1 is 1.05 bits per heavy atom. The number of guanidine groups is 1. The van der Waals surface area contributed by atoms with Crippen molar-refractivity contribution in [2.45, 2.75) is 49.9 Å². The molecule has 44 heavy (non-hydrogen) atoms. The molecule has 0 saturated carbocycles. The summed E-state index contributed by atoms with van der Waals surface area (Å²) in [7, 11) is 0. The maximum atomic E-state index is 14.0. The zero-order valence-corrected chi connectivity index (χ0v) is 25.7. The number of rotatable bonds is 8. The van der Waals surface area contributed by atoms with Gasteiger partial charge >= 0.3 is 5.97 Å². The van der Waals surface area contributed by atoms with Gasteiger partial charge in [0.15, 0.2) is 5.96 Å². The summed E-state index contributed by atoms with van der Waals surface area (Å²) in [5, 5.41) is 29.2. The number of carboxylic acids is 1. The van der Waals surface area contributed by atoms with Crippen LogP contribution in [0.5, 0.6) is 5.75 Å². The van der Waals surface area contributed by atoms with Gasteiger partial charge in [0.05, 0.1) is 29.7 Å². The molecular weight excluding hydrogens is 693 g/mol. The Morgan fingerprint density at radius 3 is 2.45 bits per heavy atom. The van der Waals surface area contributed by atoms with Crippen molar-refractivity contribution in [3.05, 3.63) is 27.3 Å². The molecule has 0 aromatic heterocycles. The van der Waals surface area contributed by atoms with Crippen LogP contribution < -0.4 is 32.7 Å². The van der Waals surface area contributed by atoms with Crippen molar-refractivity contribution in [1.29, 1.82) is 0 Å². The van der Waals surface area contributed by atoms with Crippen molar-refractivity contribution in [2.24, 2.45) is 16.5 Å². The molecule has 1 aromatic carbocycles. The molecule has 2 aliphatic heterocycles. The molecule has 2 heterocycles. The third-order valence-corrected chi connectivity index (χ3v) is 7.68. The van der Waals surface area contributed by atoms with E-state index in [1.54, 1.807) is 12.1 Å². The van der Waals surface area contributed by atoms with E-state index in [1.165, 1.54) is 11.0 Å². The Morgan fingerprint density at radius 2 is 1.77 bits per heavy atom. The molecule has 240 valence electrons. The van der Waals surface area contributed by atoms with Gasteiger partial charge in [0.1, 0.15) is 29.9 Å². The van der Waals surface area contributed by atoms with Crippen molar-refractivity contribution in [3.63, 3.8) is 0 Å². The monoisotopic (exact) mass is 728 g/mol. The molecular formula is C26H35IN8O9. The van der Waals surface area contributed by atoms with Crippen LogP contribution in [0.2, 0.25) is 0 Å². The largest absolute Gasteiger partial charge is 0.507 e. The van der Waals surface area contributed by atoms with Crippen LogP contribution in [0.3, 0.4) is 0 Å². The summed E-state index contributed by atoms with van der Waals surface area (Å²) in [6.45, 7) is -0.600. The fourth-order valence-corrected chi connectivity index (χ4v) is 5.21. The first-order chi connectivity index (χ1) is 20.8. The van der Waals surface area contributed by atoms with Gasteiger partial charge in [-0.25, -0.2) is 0 Å². The third-order valence-electron chi connectivity index (χ3n) is 6.81. The molecule has 0 bridgehead atoms. The van der Waals surface area contributed by atoms with E-state index < -0.39 is 72.6 Å². The molecule has 4 atom stereocenters. The number of fused-ring (bicyclic) bond motifs is 1. The average molecular weight is 729 g/mol. The van der Waals surface area contributed by atoms with Crippen molar-refractivity contribution in [3.8, 4) is 5.75 Å². The zero-order chi connectivity index (χ0) is 32.4. The van der Waals surface area contributed by atoms with Crippen molar-refractivity contribution in [2.75, 3.05) is 32.8 Å². The molecule has 3 rings (SSSR count). The summed E-state index contributed by atoms with van der Waals surface area (Å²) in [5.41, 5.74) is 11.2. The topological polar surface area (TPSA) is 268 Å². The summed E-state index contributed by atoms with van der Waals surface area (Å²) in [6.07, 6.45) is -0.550. The SMILES string of the molecule is NC(N)=NCCC[C@@H]1NC(=O)[C@H]2COCCN2C(=O)[C@H](Cc2ccc(O)c([125I])c2)NC(=O)[C@H](CC(=O)O)NC(=O)CNC1=O. The van der Waals surface area contributed by atoms with E-state index in [0.29, 0.717) is 9.13 Å². The molecule has 10 N–H and O–H groups in total. The van der Waals surface area contributed by atoms with Gasteiger partial charge in [-0.1, -0.05) is 6.07 Å². The Labute approximate surface area is 265 Å². The maximum Gasteiger partial charge on any atom is 0.305 e. The highest BCUT2D eigenvalue weighted by molar-refractivity contribution is 14.1. The first-order valence-corrected chi connectivity index (χ1v) is 14.7. The number of aromatic hydroxyl groups is 1. The molecule has 0 spiro atoms. The number of carbonyl (C=O) groups is 6. The van der Waals surface area contributed by atoms with Gasteiger partial charge < -0.3 is 52.6 Å². The molecule has 17 nitrogen and oxygen atoms in total. The van der Waals surface area contributed by atoms with Crippen LogP contribution in [-0.4, -0.2) is 114 Å². The van der Waals surface area contributed by atoms with E-state index in [2.05, 4.69) is 26.3 Å². The van der Waals surface area contributed by atoms with E-state index in [1.807, 2.05) is 22.6 Å². The van der Waals surface area contributed by atoms with Gasteiger partial charge in [-0.05, 0) is 53.1 Å². The number of aliphatic imine (C=N–C) groups is 1. The third kappa shape index (κ3) is 9.93. The standard InChI is InChI=1S/C26H35IN8O9/c27-14-8-13(3-4-19(14)36)9-17-25(43)35-6-7-44-12-18(35)24(42)33-15(2-1-5-30-26(28)29)22(40)31-11-20(37)32-16(10-21(38)39)23(41)34-17/h3-4,8,15-18,36H,1-2,5-7,9-12H2,(H,31,40)(H,32,37)(H,33,42)(H,34,41)(H,38,39)(H4,28,29,30)/t15-,16-,17-,18+/m0/s1/i27-2. The van der Waals surface area contributed by atoms with Crippen LogP contribution in [0.15, 0.2) is 23.2 Å². The Kier molecular flexibility index (Phi) is 12.5. The summed E-state index contributed by atoms with van der Waals surface area (Å²) < 4.78 is 5.96. The fourth-order valence-electron chi connectivity index (χ4n) is 4.63. The number of nitrogens with one attached hydrogen (secondary N) is 4. The zero-order valence-electron chi connectivity index (χ0n) is 23.6. The van der Waals surface area contributed by atoms with Crippen molar-refractivity contribution in [1.82, 2.24) is 26.2 Å². The van der Waals surface area contributed by atoms with Crippen LogP contribution in [0.4, 0.5) is 0 Å². The minimum Gasteiger partial charge on any atom is -0.507 e. The second kappa shape index (κ2) is 16.0. The molecule has 18 heteroatoms. The number of phenolic OH excluding ortho intramolecular Hbond substituents is 1. The summed E-state index contributed by atoms with van der Waals surface area (Å²) in [6, 6.07) is -0.642. The molecule has 5 amide bonds. The van der Waals surface area contributed by atoms with E-state index in [4.69, 9.17) is 16.2 Å². The lowest BCUT2D eigenvalue weighted by Gasteiger charge is -2.37. The Balaban J connectivity index is 1.99. The number of carbonyl (C=O) groups excluding carboxylic acids is 5. The van der Waals surface area contributed by atoms with Gasteiger partial charge in [0.25, 0.3) is 0 Å². The number of morpholine rings is 1. The normalized spacial score (nSPS) is 23.6. The predicted octanol–water partition coefficient (Wildman–Crippen LogP) is -3.12. The number of halogens is 1. The summed E-state index contributed by atoms with van der Waals surface area (Å²) >= 11 is 1.90. The molecule has 0 aliphatic carbocycles. The molecule has 0 radical (unpaired) electrons. The lowest BCUT2D eigenvalue weighted by Crippen LogP contribution is -2.62. The first kappa shape index (κ1) is 34.3. The van der Waals surface area contributed by atoms with E-state index in [9.17, 15) is 39.0 Å². The number of nitrogens with zero attached hydrogens (tertiary/aromatic N) is 2. The number of benzene rings is 1. The van der Waals surface area contributed by atoms with Gasteiger partial charge in [-0.3, -0.25) is 33.8 Å². The summed E-state index contributed by atoms with van der Waals surface area (Å²) in [4.78, 5) is 83.1. The number of phenols is 1. The Hall–Kier alpha value is -4.20. The smallest absolute Gasteiger partial charge is 0.305 e. The van der Waals surface area contributed by atoms with E-state index in [0.717, 1.165) is 0 Å². The maximum absolute atomic E-state index is 14.0. The highest BCUT2D eigenvalue weighted by atomic mass is 125. The van der Waals surface area contributed by atoms with Crippen LogP contribution in [0, 0.1) is 3.57 Å². The molecule has 0 unspecified atom stereocenters. The molecule has 1 aromatic rings. The summed E-state index contributed by atoms with van der Waals surface area (Å²) in [5.74, 6) is -5.48. The van der Waals surface area contributed by atoms with E-state index in [-0.39, 0.29) is 57.3 Å². The Bertz CT molecular complexity index is 1310. The molecule has 2 saturated heterocycles. The van der Waals surface area contributed by atoms with Crippen LogP contribution >= 0.6 is 22.6 Å². The lowest BCUT2D eigenvalue weighted by molar-refractivity contribution is -0.151. The number of hydrogen-bond acceptors (Lipinski definition) is 9. The molecule has 2 fully saturated rings. The second-order valence-electron chi connectivity index (χ2n) is 10.1. The van der Waals surface area contributed by atoms with Crippen LogP contribution in [-0.2, 0) is 39.9 Å². The average Bonchev–Trinajstić information content (AvgIpc) is 2.97. The van der Waals surface area contributed by atoms with Gasteiger partial charge in [-0.2, -0.15) is 0 Å². The highest BCUT2D eigenvalue weighted by Gasteiger charge is 2.39. The number of amides is 5. The second-order valence-corrected chi connectivity index (χ2v) is 11.3. The first-order valence-electron chi connectivity index (χ1n) is 13.7. The minimum absolute atomic E-state index is 0.0111. The van der Waals surface area contributed by atoms with Gasteiger partial charge in [-0.15, -0.1) is 0 Å². The number of aliphatic carboxylic acids is 1. The predicted molar refractivity (Wildman–Crippen MR) is 162 cm³/mol. The highest BCUT2D eigenvalue weighted by Crippen LogP contribution is 2.22.